The van der Waals surface area contributed by atoms with Crippen molar-refractivity contribution < 1.29 is 0 Å². The van der Waals surface area contributed by atoms with Crippen LogP contribution in [0.3, 0.4) is 0 Å². The number of piperazine rings is 1. The van der Waals surface area contributed by atoms with Crippen LogP contribution in [0.2, 0.25) is 0 Å². The zero-order valence-electron chi connectivity index (χ0n) is 16.4. The number of fused-ring (bicyclic) bond motifs is 2. The maximum Gasteiger partial charge on any atom is 0.256 e. The molecule has 0 amide bonds. The summed E-state index contributed by atoms with van der Waals surface area (Å²) in [7, 11) is 0. The van der Waals surface area contributed by atoms with Gasteiger partial charge in [0.1, 0.15) is 0 Å². The lowest BCUT2D eigenvalue weighted by molar-refractivity contribution is 0.0994. The number of benzene rings is 2. The number of nitrogens with zero attached hydrogens (tertiary/aromatic N) is 2. The number of hydrogen-bond acceptors (Lipinski definition) is 3. The maximum atomic E-state index is 12.5. The maximum absolute atomic E-state index is 12.5. The molecular formula is C24H27N3O. The molecule has 28 heavy (non-hydrogen) atoms. The predicted octanol–water partition coefficient (Wildman–Crippen LogP) is 3.78. The second-order valence-corrected chi connectivity index (χ2v) is 8.31. The third-order valence-electron chi connectivity index (χ3n) is 6.45. The summed E-state index contributed by atoms with van der Waals surface area (Å²) in [6, 6.07) is 17.4. The Morgan fingerprint density at radius 3 is 2.75 bits per heavy atom. The lowest BCUT2D eigenvalue weighted by atomic mass is 10.0. The summed E-state index contributed by atoms with van der Waals surface area (Å²) in [4.78, 5) is 20.8. The molecular weight excluding hydrogens is 346 g/mol. The Hall–Kier alpha value is -2.43. The number of aromatic nitrogens is 1. The van der Waals surface area contributed by atoms with E-state index in [0.717, 1.165) is 46.7 Å². The summed E-state index contributed by atoms with van der Waals surface area (Å²) in [5, 5.41) is 1.78. The molecule has 2 aliphatic rings. The monoisotopic (exact) mass is 373 g/mol. The van der Waals surface area contributed by atoms with Crippen molar-refractivity contribution in [1.29, 1.82) is 0 Å². The number of hydrogen-bond donors (Lipinski definition) is 1. The molecule has 2 saturated heterocycles. The quantitative estimate of drug-likeness (QED) is 0.759. The van der Waals surface area contributed by atoms with Gasteiger partial charge in [0.05, 0.1) is 0 Å². The van der Waals surface area contributed by atoms with Crippen LogP contribution in [0, 0.1) is 6.92 Å². The van der Waals surface area contributed by atoms with E-state index >= 15 is 0 Å². The molecule has 3 aromatic rings. The van der Waals surface area contributed by atoms with Gasteiger partial charge in [0.2, 0.25) is 0 Å². The van der Waals surface area contributed by atoms with Crippen molar-refractivity contribution in [3.05, 3.63) is 70.0 Å². The highest BCUT2D eigenvalue weighted by atomic mass is 16.1. The Bertz CT molecular complexity index is 1050. The molecule has 4 nitrogen and oxygen atoms in total. The zero-order valence-corrected chi connectivity index (χ0v) is 16.4. The number of aromatic amines is 1. The van der Waals surface area contributed by atoms with Gasteiger partial charge in [-0.05, 0) is 60.5 Å². The van der Waals surface area contributed by atoms with E-state index in [1.165, 1.54) is 38.0 Å². The van der Waals surface area contributed by atoms with Crippen LogP contribution in [0.15, 0.2) is 53.3 Å². The summed E-state index contributed by atoms with van der Waals surface area (Å²) < 4.78 is 0. The van der Waals surface area contributed by atoms with E-state index in [9.17, 15) is 4.79 Å². The van der Waals surface area contributed by atoms with E-state index in [2.05, 4.69) is 58.1 Å². The Labute approximate surface area is 165 Å². The van der Waals surface area contributed by atoms with Crippen molar-refractivity contribution in [2.75, 3.05) is 26.2 Å². The van der Waals surface area contributed by atoms with Gasteiger partial charge in [-0.1, -0.05) is 36.4 Å². The normalized spacial score (nSPS) is 20.5. The van der Waals surface area contributed by atoms with Crippen molar-refractivity contribution >= 4 is 10.8 Å². The molecule has 1 N–H and O–H groups in total. The van der Waals surface area contributed by atoms with Crippen LogP contribution in [-0.2, 0) is 6.54 Å². The van der Waals surface area contributed by atoms with Gasteiger partial charge in [0.25, 0.3) is 5.56 Å². The molecule has 0 radical (unpaired) electrons. The van der Waals surface area contributed by atoms with Gasteiger partial charge in [-0.2, -0.15) is 0 Å². The fourth-order valence-electron chi connectivity index (χ4n) is 4.84. The second-order valence-electron chi connectivity index (χ2n) is 8.31. The number of rotatable bonds is 3. The van der Waals surface area contributed by atoms with E-state index in [1.807, 2.05) is 12.1 Å². The number of H-pyrrole nitrogens is 1. The lowest BCUT2D eigenvalue weighted by Crippen LogP contribution is -2.49. The van der Waals surface area contributed by atoms with Crippen molar-refractivity contribution in [3.63, 3.8) is 0 Å². The highest BCUT2D eigenvalue weighted by Gasteiger charge is 2.30. The number of pyridine rings is 1. The first kappa shape index (κ1) is 17.7. The Morgan fingerprint density at radius 1 is 1.04 bits per heavy atom. The molecule has 3 heterocycles. The van der Waals surface area contributed by atoms with Crippen LogP contribution >= 0.6 is 0 Å². The van der Waals surface area contributed by atoms with E-state index in [-0.39, 0.29) is 5.56 Å². The fraction of sp³-hybridized carbons (Fsp3) is 0.375. The minimum Gasteiger partial charge on any atom is -0.321 e. The van der Waals surface area contributed by atoms with Crippen molar-refractivity contribution in [2.45, 2.75) is 32.4 Å². The standard InChI is InChI=1S/C24H27N3O/c1-17-4-2-6-21-22(17)14-23(25-24(21)28)19-9-7-18(8-10-19)15-26-12-13-27-11-3-5-20(27)16-26/h2,4,6-10,14,20H,3,5,11-13,15-16H2,1H3,(H,25,28). The molecule has 5 rings (SSSR count). The Morgan fingerprint density at radius 2 is 1.89 bits per heavy atom. The molecule has 0 bridgehead atoms. The largest absolute Gasteiger partial charge is 0.321 e. The van der Waals surface area contributed by atoms with Gasteiger partial charge in [0, 0.05) is 43.3 Å². The molecule has 1 aromatic heterocycles. The number of aryl methyl sites for hydroxylation is 1. The summed E-state index contributed by atoms with van der Waals surface area (Å²) in [6.07, 6.45) is 2.71. The van der Waals surface area contributed by atoms with E-state index < -0.39 is 0 Å². The first-order chi connectivity index (χ1) is 13.7. The van der Waals surface area contributed by atoms with Gasteiger partial charge in [-0.15, -0.1) is 0 Å². The van der Waals surface area contributed by atoms with Crippen molar-refractivity contribution in [1.82, 2.24) is 14.8 Å². The minimum absolute atomic E-state index is 0.0188. The molecule has 144 valence electrons. The fourth-order valence-corrected chi connectivity index (χ4v) is 4.84. The second kappa shape index (κ2) is 7.19. The van der Waals surface area contributed by atoms with E-state index in [0.29, 0.717) is 0 Å². The van der Waals surface area contributed by atoms with Crippen LogP contribution in [0.25, 0.3) is 22.0 Å². The topological polar surface area (TPSA) is 39.3 Å². The first-order valence-electron chi connectivity index (χ1n) is 10.4. The third-order valence-corrected chi connectivity index (χ3v) is 6.45. The zero-order chi connectivity index (χ0) is 19.1. The highest BCUT2D eigenvalue weighted by Crippen LogP contribution is 2.25. The summed E-state index contributed by atoms with van der Waals surface area (Å²) >= 11 is 0. The van der Waals surface area contributed by atoms with Gasteiger partial charge < -0.3 is 4.98 Å². The Kier molecular flexibility index (Phi) is 4.53. The van der Waals surface area contributed by atoms with Crippen molar-refractivity contribution in [3.8, 4) is 11.3 Å². The summed E-state index contributed by atoms with van der Waals surface area (Å²) in [6.45, 7) is 7.92. The molecule has 0 saturated carbocycles. The molecule has 0 spiro atoms. The third kappa shape index (κ3) is 3.27. The SMILES string of the molecule is Cc1cccc2c(=O)[nH]c(-c3ccc(CN4CCN5CCCC5C4)cc3)cc12. The van der Waals surface area contributed by atoms with Crippen molar-refractivity contribution in [2.24, 2.45) is 0 Å². The molecule has 0 aliphatic carbocycles. The molecule has 1 unspecified atom stereocenters. The average molecular weight is 374 g/mol. The first-order valence-corrected chi connectivity index (χ1v) is 10.4. The summed E-state index contributed by atoms with van der Waals surface area (Å²) in [5.41, 5.74) is 4.40. The van der Waals surface area contributed by atoms with Crippen LogP contribution in [-0.4, -0.2) is 47.0 Å². The minimum atomic E-state index is -0.0188. The smallest absolute Gasteiger partial charge is 0.256 e. The molecule has 4 heteroatoms. The predicted molar refractivity (Wildman–Crippen MR) is 115 cm³/mol. The van der Waals surface area contributed by atoms with Gasteiger partial charge in [-0.3, -0.25) is 14.6 Å². The van der Waals surface area contributed by atoms with E-state index in [1.54, 1.807) is 0 Å². The molecule has 2 aromatic carbocycles. The van der Waals surface area contributed by atoms with Gasteiger partial charge >= 0.3 is 0 Å². The van der Waals surface area contributed by atoms with Gasteiger partial charge in [0.15, 0.2) is 0 Å². The van der Waals surface area contributed by atoms with Crippen LogP contribution in [0.4, 0.5) is 0 Å². The molecule has 2 aliphatic heterocycles. The molecule has 1 atom stereocenters. The highest BCUT2D eigenvalue weighted by molar-refractivity contribution is 5.87. The summed E-state index contributed by atoms with van der Waals surface area (Å²) in [5.74, 6) is 0. The van der Waals surface area contributed by atoms with Crippen LogP contribution < -0.4 is 5.56 Å². The Balaban J connectivity index is 1.36. The van der Waals surface area contributed by atoms with Gasteiger partial charge in [-0.25, -0.2) is 0 Å². The van der Waals surface area contributed by atoms with Crippen LogP contribution in [0.1, 0.15) is 24.0 Å². The van der Waals surface area contributed by atoms with E-state index in [4.69, 9.17) is 0 Å². The molecule has 2 fully saturated rings. The average Bonchev–Trinajstić information content (AvgIpc) is 3.17. The van der Waals surface area contributed by atoms with Crippen LogP contribution in [0.5, 0.6) is 0 Å². The lowest BCUT2D eigenvalue weighted by Gasteiger charge is -2.37. The number of nitrogens with one attached hydrogen (secondary N) is 1.